The molecular formula is C6H14LaO. The van der Waals surface area contributed by atoms with Gasteiger partial charge >= 0.3 is 0 Å². The molecule has 47 valence electrons. The molecule has 0 saturated heterocycles. The van der Waals surface area contributed by atoms with Crippen molar-refractivity contribution in [2.75, 3.05) is 0 Å². The molecule has 0 amide bonds. The zero-order chi connectivity index (χ0) is 5.86. The molecule has 0 N–H and O–H groups in total. The van der Waals surface area contributed by atoms with E-state index in [9.17, 15) is 0 Å². The zero-order valence-corrected chi connectivity index (χ0v) is 9.77. The Kier molecular flexibility index (Phi) is 9.33. The van der Waals surface area contributed by atoms with Crippen molar-refractivity contribution in [2.24, 2.45) is 0 Å². The Morgan fingerprint density at radius 1 is 0.875 bits per heavy atom. The van der Waals surface area contributed by atoms with Gasteiger partial charge in [-0.2, -0.15) is 0 Å². The molecule has 8 heavy (non-hydrogen) atoms. The van der Waals surface area contributed by atoms with Gasteiger partial charge in [0.2, 0.25) is 0 Å². The summed E-state index contributed by atoms with van der Waals surface area (Å²) in [4.78, 5) is 0. The maximum atomic E-state index is 5.25. The van der Waals surface area contributed by atoms with E-state index >= 15 is 0 Å². The van der Waals surface area contributed by atoms with Crippen molar-refractivity contribution in [1.82, 2.24) is 0 Å². The van der Waals surface area contributed by atoms with Crippen molar-refractivity contribution in [3.63, 3.8) is 0 Å². The molecule has 0 aliphatic heterocycles. The van der Waals surface area contributed by atoms with Crippen LogP contribution in [0.5, 0.6) is 0 Å². The first-order valence-corrected chi connectivity index (χ1v) is 2.78. The number of hydrogen-bond donors (Lipinski definition) is 0. The molecular weight excluding hydrogens is 227 g/mol. The zero-order valence-electron chi connectivity index (χ0n) is 6.14. The minimum Gasteiger partial charge on any atom is -0.376 e. The summed E-state index contributed by atoms with van der Waals surface area (Å²) in [6.45, 7) is 8.17. The molecule has 0 unspecified atom stereocenters. The molecule has 0 atom stereocenters. The maximum Gasteiger partial charge on any atom is 0.0522 e. The second-order valence-electron chi connectivity index (χ2n) is 2.23. The molecule has 0 aliphatic carbocycles. The molecule has 2 heteroatoms. The average molecular weight is 241 g/mol. The average Bonchev–Trinajstić information content (AvgIpc) is 1.27. The number of rotatable bonds is 2. The van der Waals surface area contributed by atoms with E-state index in [0.29, 0.717) is 12.2 Å². The van der Waals surface area contributed by atoms with Crippen LogP contribution in [0.25, 0.3) is 0 Å². The van der Waals surface area contributed by atoms with Crippen molar-refractivity contribution >= 4 is 0 Å². The molecule has 0 aromatic carbocycles. The fraction of sp³-hybridized carbons (Fsp3) is 1.00. The van der Waals surface area contributed by atoms with E-state index in [1.165, 1.54) is 0 Å². The van der Waals surface area contributed by atoms with E-state index < -0.39 is 0 Å². The van der Waals surface area contributed by atoms with Crippen LogP contribution in [-0.2, 0) is 4.74 Å². The molecule has 0 rings (SSSR count). The van der Waals surface area contributed by atoms with Gasteiger partial charge in [0.05, 0.1) is 12.2 Å². The molecule has 0 aromatic rings. The minimum atomic E-state index is 0. The van der Waals surface area contributed by atoms with E-state index in [0.717, 1.165) is 0 Å². The Morgan fingerprint density at radius 3 is 1.12 bits per heavy atom. The van der Waals surface area contributed by atoms with Crippen LogP contribution in [0.1, 0.15) is 27.7 Å². The van der Waals surface area contributed by atoms with Crippen LogP contribution < -0.4 is 0 Å². The second kappa shape index (κ2) is 6.28. The quantitative estimate of drug-likeness (QED) is 0.716. The Balaban J connectivity index is 0. The first-order valence-electron chi connectivity index (χ1n) is 2.78. The van der Waals surface area contributed by atoms with Crippen molar-refractivity contribution in [3.8, 4) is 0 Å². The molecule has 1 nitrogen and oxygen atoms in total. The van der Waals surface area contributed by atoms with Crippen LogP contribution in [0.15, 0.2) is 0 Å². The summed E-state index contributed by atoms with van der Waals surface area (Å²) in [6.07, 6.45) is 0.750. The summed E-state index contributed by atoms with van der Waals surface area (Å²) in [5.74, 6) is 0. The Bertz CT molecular complexity index is 37.8. The van der Waals surface area contributed by atoms with E-state index in [1.807, 2.05) is 27.7 Å². The molecule has 1 radical (unpaired) electrons. The molecule has 0 saturated carbocycles. The Labute approximate surface area is 79.8 Å². The SMILES string of the molecule is CC(C)OC(C)C.[La]. The number of ether oxygens (including phenoxy) is 1. The van der Waals surface area contributed by atoms with Crippen molar-refractivity contribution in [3.05, 3.63) is 0 Å². The predicted octanol–water partition coefficient (Wildman–Crippen LogP) is 1.82. The topological polar surface area (TPSA) is 9.23 Å². The van der Waals surface area contributed by atoms with Crippen LogP contribution in [0, 0.1) is 35.6 Å². The summed E-state index contributed by atoms with van der Waals surface area (Å²) < 4.78 is 5.25. The first kappa shape index (κ1) is 11.9. The molecule has 0 aliphatic rings. The fourth-order valence-electron chi connectivity index (χ4n) is 0.544. The third-order valence-corrected chi connectivity index (χ3v) is 0.544. The summed E-state index contributed by atoms with van der Waals surface area (Å²) >= 11 is 0. The van der Waals surface area contributed by atoms with Gasteiger partial charge in [-0.15, -0.1) is 0 Å². The molecule has 0 spiro atoms. The summed E-state index contributed by atoms with van der Waals surface area (Å²) in [7, 11) is 0. The summed E-state index contributed by atoms with van der Waals surface area (Å²) in [6, 6.07) is 0. The second-order valence-corrected chi connectivity index (χ2v) is 2.23. The van der Waals surface area contributed by atoms with Crippen molar-refractivity contribution < 1.29 is 40.3 Å². The van der Waals surface area contributed by atoms with Crippen LogP contribution >= 0.6 is 0 Å². The molecule has 0 heterocycles. The third-order valence-electron chi connectivity index (χ3n) is 0.544. The van der Waals surface area contributed by atoms with Gasteiger partial charge in [-0.3, -0.25) is 0 Å². The van der Waals surface area contributed by atoms with Gasteiger partial charge in [0.25, 0.3) is 0 Å². The van der Waals surface area contributed by atoms with E-state index in [2.05, 4.69) is 0 Å². The minimum absolute atomic E-state index is 0. The number of hydrogen-bond acceptors (Lipinski definition) is 1. The third kappa shape index (κ3) is 10.2. The van der Waals surface area contributed by atoms with E-state index in [-0.39, 0.29) is 35.6 Å². The maximum absolute atomic E-state index is 5.25. The van der Waals surface area contributed by atoms with Crippen molar-refractivity contribution in [2.45, 2.75) is 39.9 Å². The van der Waals surface area contributed by atoms with E-state index in [4.69, 9.17) is 4.74 Å². The smallest absolute Gasteiger partial charge is 0.0522 e. The van der Waals surface area contributed by atoms with Crippen molar-refractivity contribution in [1.29, 1.82) is 0 Å². The molecule has 0 bridgehead atoms. The monoisotopic (exact) mass is 241 g/mol. The van der Waals surface area contributed by atoms with Gasteiger partial charge in [-0.1, -0.05) is 0 Å². The van der Waals surface area contributed by atoms with Gasteiger partial charge < -0.3 is 4.74 Å². The van der Waals surface area contributed by atoms with Crippen LogP contribution in [0.2, 0.25) is 0 Å². The Hall–Kier alpha value is 1.15. The summed E-state index contributed by atoms with van der Waals surface area (Å²) in [5.41, 5.74) is 0. The van der Waals surface area contributed by atoms with Gasteiger partial charge in [0.15, 0.2) is 0 Å². The van der Waals surface area contributed by atoms with E-state index in [1.54, 1.807) is 0 Å². The van der Waals surface area contributed by atoms with Crippen LogP contribution in [-0.4, -0.2) is 12.2 Å². The first-order chi connectivity index (χ1) is 3.13. The normalized spacial score (nSPS) is 9.75. The fourth-order valence-corrected chi connectivity index (χ4v) is 0.544. The van der Waals surface area contributed by atoms with Gasteiger partial charge in [-0.25, -0.2) is 0 Å². The van der Waals surface area contributed by atoms with Gasteiger partial charge in [-0.05, 0) is 27.7 Å². The largest absolute Gasteiger partial charge is 0.376 e. The molecule has 0 fully saturated rings. The van der Waals surface area contributed by atoms with Crippen LogP contribution in [0.4, 0.5) is 0 Å². The van der Waals surface area contributed by atoms with Crippen LogP contribution in [0.3, 0.4) is 0 Å². The Morgan fingerprint density at radius 2 is 1.12 bits per heavy atom. The predicted molar refractivity (Wildman–Crippen MR) is 31.4 cm³/mol. The van der Waals surface area contributed by atoms with Gasteiger partial charge in [0, 0.05) is 35.6 Å². The van der Waals surface area contributed by atoms with Gasteiger partial charge in [0.1, 0.15) is 0 Å². The summed E-state index contributed by atoms with van der Waals surface area (Å²) in [5, 5.41) is 0. The standard InChI is InChI=1S/C6H14O.La/c1-5(2)7-6(3)4;/h5-6H,1-4H3;. The molecule has 0 aromatic heterocycles.